The van der Waals surface area contributed by atoms with Crippen LogP contribution < -0.4 is 4.90 Å². The fraction of sp³-hybridized carbons (Fsp3) is 0.148. The van der Waals surface area contributed by atoms with Crippen LogP contribution in [0, 0.1) is 19.4 Å². The van der Waals surface area contributed by atoms with Gasteiger partial charge < -0.3 is 9.63 Å². The normalized spacial score (nSPS) is 13.8. The molecule has 0 amide bonds. The molecular weight excluding hydrogens is 414 g/mol. The zero-order valence-electron chi connectivity index (χ0n) is 18.0. The van der Waals surface area contributed by atoms with E-state index in [0.717, 1.165) is 22.3 Å². The molecular formula is C27H21N3O3. The molecule has 1 fully saturated rings. The Labute approximate surface area is 191 Å². The van der Waals surface area contributed by atoms with Crippen LogP contribution in [0.5, 0.6) is 0 Å². The highest BCUT2D eigenvalue weighted by Crippen LogP contribution is 2.48. The molecule has 0 saturated heterocycles. The molecule has 1 saturated carbocycles. The predicted octanol–water partition coefficient (Wildman–Crippen LogP) is 5.56. The number of benzene rings is 2. The Hall–Kier alpha value is -4.37. The molecule has 2 aromatic carbocycles. The number of anilines is 2. The molecule has 5 rings (SSSR count). The van der Waals surface area contributed by atoms with Gasteiger partial charge in [-0.2, -0.15) is 0 Å². The molecule has 6 nitrogen and oxygen atoms in total. The maximum atomic E-state index is 11.6. The molecule has 2 heterocycles. The van der Waals surface area contributed by atoms with Crippen LogP contribution in [0.25, 0.3) is 22.5 Å². The third-order valence-electron chi connectivity index (χ3n) is 6.14. The number of carboxylic acid groups (broad SMARTS) is 1. The predicted molar refractivity (Wildman–Crippen MR) is 126 cm³/mol. The zero-order chi connectivity index (χ0) is 23.0. The number of aliphatic carboxylic acids is 1. The number of pyridine rings is 1. The number of terminal acetylenes is 1. The average molecular weight is 435 g/mol. The van der Waals surface area contributed by atoms with Gasteiger partial charge in [0.1, 0.15) is 17.2 Å². The third-order valence-corrected chi connectivity index (χ3v) is 6.14. The van der Waals surface area contributed by atoms with Gasteiger partial charge in [0.25, 0.3) is 0 Å². The average Bonchev–Trinajstić information content (AvgIpc) is 3.59. The van der Waals surface area contributed by atoms with E-state index in [1.165, 1.54) is 0 Å². The number of aromatic nitrogens is 2. The Bertz CT molecular complexity index is 1350. The monoisotopic (exact) mass is 435 g/mol. The van der Waals surface area contributed by atoms with Crippen molar-refractivity contribution in [2.45, 2.75) is 25.2 Å². The second kappa shape index (κ2) is 7.95. The van der Waals surface area contributed by atoms with Gasteiger partial charge >= 0.3 is 5.97 Å². The summed E-state index contributed by atoms with van der Waals surface area (Å²) in [5.41, 5.74) is 4.38. The first-order valence-corrected chi connectivity index (χ1v) is 10.6. The Morgan fingerprint density at radius 2 is 1.67 bits per heavy atom. The number of hydrogen-bond acceptors (Lipinski definition) is 5. The Morgan fingerprint density at radius 3 is 2.21 bits per heavy atom. The second-order valence-electron chi connectivity index (χ2n) is 8.14. The number of carbonyl (C=O) groups is 1. The van der Waals surface area contributed by atoms with E-state index in [0.29, 0.717) is 35.8 Å². The summed E-state index contributed by atoms with van der Waals surface area (Å²) >= 11 is 0. The van der Waals surface area contributed by atoms with Crippen LogP contribution in [0.3, 0.4) is 0 Å². The number of nitrogens with zero attached hydrogens (tertiary/aromatic N) is 3. The van der Waals surface area contributed by atoms with Gasteiger partial charge in [-0.1, -0.05) is 66.2 Å². The molecule has 1 aliphatic rings. The van der Waals surface area contributed by atoms with E-state index in [-0.39, 0.29) is 0 Å². The number of aryl methyl sites for hydroxylation is 1. The SMILES string of the molecule is C#CN(c1ccccn1)c1c(C)noc1-c1ccc(-c2ccc(C3(C(=O)O)CC3)cc2)cc1. The molecule has 0 radical (unpaired) electrons. The fourth-order valence-electron chi connectivity index (χ4n) is 4.10. The lowest BCUT2D eigenvalue weighted by Crippen LogP contribution is -2.19. The third kappa shape index (κ3) is 3.54. The minimum atomic E-state index is -0.746. The molecule has 162 valence electrons. The van der Waals surface area contributed by atoms with Crippen molar-refractivity contribution in [1.82, 2.24) is 10.1 Å². The van der Waals surface area contributed by atoms with E-state index >= 15 is 0 Å². The smallest absolute Gasteiger partial charge is 0.314 e. The highest BCUT2D eigenvalue weighted by atomic mass is 16.5. The minimum absolute atomic E-state index is 0.565. The summed E-state index contributed by atoms with van der Waals surface area (Å²) in [6.07, 6.45) is 8.89. The van der Waals surface area contributed by atoms with Gasteiger partial charge in [0, 0.05) is 17.8 Å². The lowest BCUT2D eigenvalue weighted by atomic mass is 9.93. The highest BCUT2D eigenvalue weighted by Gasteiger charge is 2.51. The van der Waals surface area contributed by atoms with Gasteiger partial charge in [0.2, 0.25) is 0 Å². The molecule has 33 heavy (non-hydrogen) atoms. The van der Waals surface area contributed by atoms with Gasteiger partial charge in [-0.3, -0.25) is 4.79 Å². The van der Waals surface area contributed by atoms with E-state index < -0.39 is 11.4 Å². The van der Waals surface area contributed by atoms with Crippen LogP contribution in [0.4, 0.5) is 11.5 Å². The van der Waals surface area contributed by atoms with Crippen LogP contribution in [0.15, 0.2) is 77.4 Å². The largest absolute Gasteiger partial charge is 0.481 e. The lowest BCUT2D eigenvalue weighted by molar-refractivity contribution is -0.140. The maximum Gasteiger partial charge on any atom is 0.314 e. The summed E-state index contributed by atoms with van der Waals surface area (Å²) in [6, 6.07) is 23.9. The van der Waals surface area contributed by atoms with Gasteiger partial charge in [-0.05, 0) is 48.6 Å². The van der Waals surface area contributed by atoms with Crippen molar-refractivity contribution >= 4 is 17.5 Å². The molecule has 0 bridgehead atoms. The first-order valence-electron chi connectivity index (χ1n) is 10.6. The van der Waals surface area contributed by atoms with E-state index in [1.807, 2.05) is 73.7 Å². The lowest BCUT2D eigenvalue weighted by Gasteiger charge is -2.16. The number of rotatable bonds is 6. The summed E-state index contributed by atoms with van der Waals surface area (Å²) in [4.78, 5) is 17.5. The number of carboxylic acids is 1. The van der Waals surface area contributed by atoms with Crippen molar-refractivity contribution in [2.24, 2.45) is 0 Å². The first kappa shape index (κ1) is 20.5. The van der Waals surface area contributed by atoms with Gasteiger partial charge in [0.15, 0.2) is 5.76 Å². The maximum absolute atomic E-state index is 11.6. The van der Waals surface area contributed by atoms with Crippen molar-refractivity contribution in [3.8, 4) is 34.9 Å². The molecule has 1 aliphatic carbocycles. The highest BCUT2D eigenvalue weighted by molar-refractivity contribution is 5.85. The zero-order valence-corrected chi connectivity index (χ0v) is 18.0. The van der Waals surface area contributed by atoms with Gasteiger partial charge in [-0.25, -0.2) is 9.88 Å². The van der Waals surface area contributed by atoms with Crippen molar-refractivity contribution in [2.75, 3.05) is 4.90 Å². The molecule has 0 atom stereocenters. The minimum Gasteiger partial charge on any atom is -0.481 e. The summed E-state index contributed by atoms with van der Waals surface area (Å²) < 4.78 is 5.64. The van der Waals surface area contributed by atoms with Gasteiger partial charge in [-0.15, -0.1) is 0 Å². The van der Waals surface area contributed by atoms with Crippen LogP contribution in [0.2, 0.25) is 0 Å². The molecule has 4 aromatic rings. The summed E-state index contributed by atoms with van der Waals surface area (Å²) in [6.45, 7) is 1.84. The Morgan fingerprint density at radius 1 is 1.03 bits per heavy atom. The molecule has 6 heteroatoms. The van der Waals surface area contributed by atoms with Crippen molar-refractivity contribution < 1.29 is 14.4 Å². The summed E-state index contributed by atoms with van der Waals surface area (Å²) in [7, 11) is 0. The second-order valence-corrected chi connectivity index (χ2v) is 8.14. The topological polar surface area (TPSA) is 79.5 Å². The number of hydrogen-bond donors (Lipinski definition) is 1. The van der Waals surface area contributed by atoms with Gasteiger partial charge in [0.05, 0.1) is 5.41 Å². The Kier molecular flexibility index (Phi) is 4.95. The van der Waals surface area contributed by atoms with E-state index in [9.17, 15) is 9.90 Å². The van der Waals surface area contributed by atoms with Crippen molar-refractivity contribution in [3.05, 3.63) is 84.2 Å². The van der Waals surface area contributed by atoms with E-state index in [4.69, 9.17) is 10.9 Å². The van der Waals surface area contributed by atoms with Crippen LogP contribution in [-0.4, -0.2) is 21.2 Å². The molecule has 0 unspecified atom stereocenters. The summed E-state index contributed by atoms with van der Waals surface area (Å²) in [5.74, 6) is 0.429. The quantitative estimate of drug-likeness (QED) is 0.316. The van der Waals surface area contributed by atoms with Crippen molar-refractivity contribution in [3.63, 3.8) is 0 Å². The van der Waals surface area contributed by atoms with E-state index in [1.54, 1.807) is 11.1 Å². The molecule has 0 spiro atoms. The van der Waals surface area contributed by atoms with Crippen molar-refractivity contribution in [1.29, 1.82) is 0 Å². The van der Waals surface area contributed by atoms with Crippen LogP contribution in [-0.2, 0) is 10.2 Å². The molecule has 0 aliphatic heterocycles. The molecule has 1 N–H and O–H groups in total. The Balaban J connectivity index is 1.44. The van der Waals surface area contributed by atoms with E-state index in [2.05, 4.69) is 16.2 Å². The first-order chi connectivity index (χ1) is 16.0. The fourth-order valence-corrected chi connectivity index (χ4v) is 4.10. The van der Waals surface area contributed by atoms with Crippen LogP contribution in [0.1, 0.15) is 24.1 Å². The summed E-state index contributed by atoms with van der Waals surface area (Å²) in [5, 5.41) is 13.6. The van der Waals surface area contributed by atoms with Crippen LogP contribution >= 0.6 is 0 Å². The molecule has 2 aromatic heterocycles. The standard InChI is InChI=1S/C27H21N3O3/c1-3-30(23-6-4-5-17-28-23)24-18(2)29-33-25(24)21-9-7-19(8-10-21)20-11-13-22(14-12-20)27(15-16-27)26(31)32/h1,4-14,17H,15-16H2,2H3,(H,31,32).